The highest BCUT2D eigenvalue weighted by molar-refractivity contribution is 7.09. The number of nitrogens with zero attached hydrogens (tertiary/aromatic N) is 1. The van der Waals surface area contributed by atoms with Crippen LogP contribution in [0.15, 0.2) is 11.6 Å². The molecule has 0 aliphatic carbocycles. The minimum Gasteiger partial charge on any atom is -0.480 e. The van der Waals surface area contributed by atoms with Gasteiger partial charge in [0.15, 0.2) is 0 Å². The van der Waals surface area contributed by atoms with E-state index >= 15 is 0 Å². The molecular weight excluding hydrogens is 176 g/mol. The highest BCUT2D eigenvalue weighted by Gasteiger charge is 2.22. The number of thiazole rings is 1. The zero-order valence-corrected chi connectivity index (χ0v) is 7.41. The Morgan fingerprint density at radius 2 is 2.50 bits per heavy atom. The molecule has 66 valence electrons. The van der Waals surface area contributed by atoms with Crippen LogP contribution in [0.3, 0.4) is 0 Å². The van der Waals surface area contributed by atoms with Crippen LogP contribution in [-0.4, -0.2) is 22.1 Å². The molecule has 1 heterocycles. The molecule has 0 bridgehead atoms. The summed E-state index contributed by atoms with van der Waals surface area (Å²) in [5.41, 5.74) is 5.42. The van der Waals surface area contributed by atoms with Crippen molar-refractivity contribution in [3.8, 4) is 0 Å². The van der Waals surface area contributed by atoms with Crippen molar-refractivity contribution < 1.29 is 9.90 Å². The fraction of sp³-hybridized carbons (Fsp3) is 0.429. The Kier molecular flexibility index (Phi) is 2.78. The smallest absolute Gasteiger partial charge is 0.321 e. The number of aliphatic carboxylic acids is 1. The molecule has 4 nitrogen and oxygen atoms in total. The Hall–Kier alpha value is -0.940. The monoisotopic (exact) mass is 186 g/mol. The SMILES string of the molecule is CC(c1nccs1)C(N)C(=O)O. The van der Waals surface area contributed by atoms with Gasteiger partial charge in [0.25, 0.3) is 0 Å². The van der Waals surface area contributed by atoms with Gasteiger partial charge in [-0.2, -0.15) is 0 Å². The van der Waals surface area contributed by atoms with Gasteiger partial charge in [0.05, 0.1) is 5.01 Å². The van der Waals surface area contributed by atoms with Crippen LogP contribution in [0.25, 0.3) is 0 Å². The van der Waals surface area contributed by atoms with Gasteiger partial charge < -0.3 is 10.8 Å². The molecule has 1 aromatic rings. The van der Waals surface area contributed by atoms with Crippen LogP contribution in [0, 0.1) is 0 Å². The molecule has 0 fully saturated rings. The summed E-state index contributed by atoms with van der Waals surface area (Å²) in [5.74, 6) is -1.21. The van der Waals surface area contributed by atoms with Crippen molar-refractivity contribution in [3.05, 3.63) is 16.6 Å². The molecule has 1 rings (SSSR count). The van der Waals surface area contributed by atoms with E-state index in [1.165, 1.54) is 11.3 Å². The maximum Gasteiger partial charge on any atom is 0.321 e. The lowest BCUT2D eigenvalue weighted by Crippen LogP contribution is -2.35. The topological polar surface area (TPSA) is 76.2 Å². The number of nitrogens with two attached hydrogens (primary N) is 1. The van der Waals surface area contributed by atoms with Crippen molar-refractivity contribution in [2.24, 2.45) is 5.73 Å². The van der Waals surface area contributed by atoms with E-state index in [-0.39, 0.29) is 5.92 Å². The lowest BCUT2D eigenvalue weighted by atomic mass is 10.0. The molecule has 0 aliphatic rings. The number of hydrogen-bond acceptors (Lipinski definition) is 4. The third-order valence-corrected chi connectivity index (χ3v) is 2.64. The molecule has 12 heavy (non-hydrogen) atoms. The molecule has 0 amide bonds. The number of aromatic nitrogens is 1. The van der Waals surface area contributed by atoms with E-state index in [1.807, 2.05) is 0 Å². The Bertz CT molecular complexity index is 260. The van der Waals surface area contributed by atoms with Crippen LogP contribution in [0.5, 0.6) is 0 Å². The summed E-state index contributed by atoms with van der Waals surface area (Å²) in [6.45, 7) is 1.76. The van der Waals surface area contributed by atoms with E-state index < -0.39 is 12.0 Å². The predicted molar refractivity (Wildman–Crippen MR) is 46.1 cm³/mol. The summed E-state index contributed by atoms with van der Waals surface area (Å²) in [4.78, 5) is 14.5. The first-order valence-electron chi connectivity index (χ1n) is 3.50. The van der Waals surface area contributed by atoms with E-state index in [9.17, 15) is 4.79 Å². The van der Waals surface area contributed by atoms with Gasteiger partial charge in [0.2, 0.25) is 0 Å². The van der Waals surface area contributed by atoms with Crippen molar-refractivity contribution in [1.29, 1.82) is 0 Å². The van der Waals surface area contributed by atoms with Crippen molar-refractivity contribution in [2.75, 3.05) is 0 Å². The third-order valence-electron chi connectivity index (χ3n) is 1.66. The molecule has 0 aromatic carbocycles. The second-order valence-electron chi connectivity index (χ2n) is 2.52. The normalized spacial score (nSPS) is 15.5. The lowest BCUT2D eigenvalue weighted by Gasteiger charge is -2.12. The van der Waals surface area contributed by atoms with Crippen LogP contribution in [0.2, 0.25) is 0 Å². The molecule has 2 atom stereocenters. The van der Waals surface area contributed by atoms with Gasteiger partial charge >= 0.3 is 5.97 Å². The molecule has 0 radical (unpaired) electrons. The number of rotatable bonds is 3. The first kappa shape index (κ1) is 9.15. The molecule has 3 N–H and O–H groups in total. The van der Waals surface area contributed by atoms with Gasteiger partial charge in [-0.3, -0.25) is 4.79 Å². The zero-order chi connectivity index (χ0) is 9.14. The highest BCUT2D eigenvalue weighted by Crippen LogP contribution is 2.19. The molecular formula is C7H10N2O2S. The van der Waals surface area contributed by atoms with E-state index in [1.54, 1.807) is 18.5 Å². The summed E-state index contributed by atoms with van der Waals surface area (Å²) >= 11 is 1.42. The molecule has 0 spiro atoms. The van der Waals surface area contributed by atoms with Crippen molar-refractivity contribution in [1.82, 2.24) is 4.98 Å². The van der Waals surface area contributed by atoms with Gasteiger partial charge in [-0.1, -0.05) is 6.92 Å². The van der Waals surface area contributed by atoms with Crippen molar-refractivity contribution in [3.63, 3.8) is 0 Å². The molecule has 5 heteroatoms. The van der Waals surface area contributed by atoms with Gasteiger partial charge in [-0.25, -0.2) is 4.98 Å². The summed E-state index contributed by atoms with van der Waals surface area (Å²) < 4.78 is 0. The van der Waals surface area contributed by atoms with Gasteiger partial charge in [0, 0.05) is 17.5 Å². The predicted octanol–water partition coefficient (Wildman–Crippen LogP) is 0.659. The lowest BCUT2D eigenvalue weighted by molar-refractivity contribution is -0.139. The van der Waals surface area contributed by atoms with Gasteiger partial charge in [-0.05, 0) is 0 Å². The van der Waals surface area contributed by atoms with Crippen LogP contribution in [0.1, 0.15) is 17.8 Å². The molecule has 1 aromatic heterocycles. The Morgan fingerprint density at radius 1 is 1.83 bits per heavy atom. The van der Waals surface area contributed by atoms with Crippen molar-refractivity contribution >= 4 is 17.3 Å². The van der Waals surface area contributed by atoms with Crippen LogP contribution < -0.4 is 5.73 Å². The van der Waals surface area contributed by atoms with E-state index in [0.29, 0.717) is 0 Å². The third kappa shape index (κ3) is 1.80. The summed E-state index contributed by atoms with van der Waals surface area (Å²) in [5, 5.41) is 11.2. The number of carboxylic acid groups (broad SMARTS) is 1. The molecule has 0 aliphatic heterocycles. The first-order chi connectivity index (χ1) is 5.63. The Labute approximate surface area is 74.0 Å². The molecule has 0 saturated carbocycles. The fourth-order valence-corrected chi connectivity index (χ4v) is 1.57. The van der Waals surface area contributed by atoms with E-state index in [2.05, 4.69) is 4.98 Å². The van der Waals surface area contributed by atoms with Crippen LogP contribution in [-0.2, 0) is 4.79 Å². The summed E-state index contributed by atoms with van der Waals surface area (Å²) in [6, 6.07) is -0.865. The summed E-state index contributed by atoms with van der Waals surface area (Å²) in [6.07, 6.45) is 1.64. The average Bonchev–Trinajstić information content (AvgIpc) is 2.53. The average molecular weight is 186 g/mol. The van der Waals surface area contributed by atoms with Crippen LogP contribution in [0.4, 0.5) is 0 Å². The second-order valence-corrected chi connectivity index (χ2v) is 3.45. The maximum absolute atomic E-state index is 10.5. The minimum absolute atomic E-state index is 0.220. The first-order valence-corrected chi connectivity index (χ1v) is 4.38. The Morgan fingerprint density at radius 3 is 2.92 bits per heavy atom. The number of carbonyl (C=O) groups is 1. The second kappa shape index (κ2) is 3.64. The largest absolute Gasteiger partial charge is 0.480 e. The van der Waals surface area contributed by atoms with Gasteiger partial charge in [0.1, 0.15) is 6.04 Å². The molecule has 2 unspecified atom stereocenters. The zero-order valence-electron chi connectivity index (χ0n) is 6.60. The molecule has 0 saturated heterocycles. The fourth-order valence-electron chi connectivity index (χ4n) is 0.827. The number of carboxylic acids is 1. The maximum atomic E-state index is 10.5. The number of hydrogen-bond donors (Lipinski definition) is 2. The van der Waals surface area contributed by atoms with Crippen LogP contribution >= 0.6 is 11.3 Å². The van der Waals surface area contributed by atoms with Gasteiger partial charge in [-0.15, -0.1) is 11.3 Å². The van der Waals surface area contributed by atoms with Crippen molar-refractivity contribution in [2.45, 2.75) is 18.9 Å². The quantitative estimate of drug-likeness (QED) is 0.727. The van der Waals surface area contributed by atoms with E-state index in [0.717, 1.165) is 5.01 Å². The minimum atomic E-state index is -0.988. The summed E-state index contributed by atoms with van der Waals surface area (Å²) in [7, 11) is 0. The standard InChI is InChI=1S/C7H10N2O2S/c1-4(5(8)7(10)11)6-9-2-3-12-6/h2-5H,8H2,1H3,(H,10,11). The Balaban J connectivity index is 2.71. The highest BCUT2D eigenvalue weighted by atomic mass is 32.1. The van der Waals surface area contributed by atoms with E-state index in [4.69, 9.17) is 10.8 Å².